The zero-order valence-electron chi connectivity index (χ0n) is 11.3. The highest BCUT2D eigenvalue weighted by Gasteiger charge is 2.32. The molecule has 1 aromatic rings. The molecule has 2 unspecified atom stereocenters. The standard InChI is InChI=1S/C14H21NO4/c1-10(15-8-14(17)5-6-19-9-14)11-3-4-12(16)13(7-11)18-2/h3-4,7,10,15-17H,5-6,8-9H2,1-2H3. The van der Waals surface area contributed by atoms with E-state index < -0.39 is 5.60 Å². The summed E-state index contributed by atoms with van der Waals surface area (Å²) in [7, 11) is 1.52. The predicted octanol–water partition coefficient (Wildman–Crippen LogP) is 1.20. The van der Waals surface area contributed by atoms with E-state index >= 15 is 0 Å². The van der Waals surface area contributed by atoms with Crippen LogP contribution >= 0.6 is 0 Å². The van der Waals surface area contributed by atoms with Crippen LogP contribution in [-0.2, 0) is 4.74 Å². The zero-order chi connectivity index (χ0) is 13.9. The largest absolute Gasteiger partial charge is 0.504 e. The Balaban J connectivity index is 1.97. The van der Waals surface area contributed by atoms with E-state index in [9.17, 15) is 10.2 Å². The Morgan fingerprint density at radius 2 is 2.32 bits per heavy atom. The van der Waals surface area contributed by atoms with E-state index in [1.807, 2.05) is 13.0 Å². The fourth-order valence-electron chi connectivity index (χ4n) is 2.16. The SMILES string of the molecule is COc1cc(C(C)NCC2(O)CCOC2)ccc1O. The molecule has 0 saturated carbocycles. The molecular weight excluding hydrogens is 246 g/mol. The van der Waals surface area contributed by atoms with Crippen LogP contribution in [0.25, 0.3) is 0 Å². The third-order valence-corrected chi connectivity index (χ3v) is 3.52. The molecule has 1 fully saturated rings. The number of benzene rings is 1. The summed E-state index contributed by atoms with van der Waals surface area (Å²) in [5.74, 6) is 0.579. The Labute approximate surface area is 113 Å². The van der Waals surface area contributed by atoms with Crippen LogP contribution in [0, 0.1) is 0 Å². The summed E-state index contributed by atoms with van der Waals surface area (Å²) in [5, 5.41) is 23.0. The molecule has 5 nitrogen and oxygen atoms in total. The minimum atomic E-state index is -0.769. The maximum Gasteiger partial charge on any atom is 0.160 e. The average Bonchev–Trinajstić information content (AvgIpc) is 2.84. The number of hydrogen-bond donors (Lipinski definition) is 3. The molecule has 3 N–H and O–H groups in total. The number of aromatic hydroxyl groups is 1. The summed E-state index contributed by atoms with van der Waals surface area (Å²) in [6, 6.07) is 5.30. The first-order valence-electron chi connectivity index (χ1n) is 6.44. The smallest absolute Gasteiger partial charge is 0.160 e. The molecule has 19 heavy (non-hydrogen) atoms. The van der Waals surface area contributed by atoms with Gasteiger partial charge in [-0.1, -0.05) is 6.07 Å². The number of ether oxygens (including phenoxy) is 2. The lowest BCUT2D eigenvalue weighted by Crippen LogP contribution is -2.41. The Kier molecular flexibility index (Phi) is 4.29. The molecule has 106 valence electrons. The summed E-state index contributed by atoms with van der Waals surface area (Å²) < 4.78 is 10.3. The van der Waals surface area contributed by atoms with Crippen LogP contribution in [0.3, 0.4) is 0 Å². The summed E-state index contributed by atoms with van der Waals surface area (Å²) in [6.07, 6.45) is 0.658. The summed E-state index contributed by atoms with van der Waals surface area (Å²) >= 11 is 0. The van der Waals surface area contributed by atoms with Crippen molar-refractivity contribution in [3.05, 3.63) is 23.8 Å². The van der Waals surface area contributed by atoms with Crippen molar-refractivity contribution >= 4 is 0 Å². The Morgan fingerprint density at radius 1 is 1.53 bits per heavy atom. The number of aliphatic hydroxyl groups is 1. The third kappa shape index (κ3) is 3.37. The van der Waals surface area contributed by atoms with Crippen molar-refractivity contribution in [2.45, 2.75) is 25.0 Å². The van der Waals surface area contributed by atoms with Gasteiger partial charge < -0.3 is 25.0 Å². The maximum atomic E-state index is 10.2. The van der Waals surface area contributed by atoms with Gasteiger partial charge in [-0.05, 0) is 24.6 Å². The van der Waals surface area contributed by atoms with Gasteiger partial charge in [-0.2, -0.15) is 0 Å². The van der Waals surface area contributed by atoms with Crippen molar-refractivity contribution in [1.29, 1.82) is 0 Å². The van der Waals surface area contributed by atoms with Gasteiger partial charge in [0.05, 0.1) is 13.7 Å². The number of nitrogens with one attached hydrogen (secondary N) is 1. The van der Waals surface area contributed by atoms with Crippen LogP contribution in [0.5, 0.6) is 11.5 Å². The van der Waals surface area contributed by atoms with Gasteiger partial charge in [0, 0.05) is 25.6 Å². The molecule has 1 aromatic carbocycles. The Hall–Kier alpha value is -1.30. The van der Waals surface area contributed by atoms with Crippen LogP contribution in [0.2, 0.25) is 0 Å². The van der Waals surface area contributed by atoms with E-state index in [1.165, 1.54) is 7.11 Å². The lowest BCUT2D eigenvalue weighted by molar-refractivity contribution is 0.0252. The van der Waals surface area contributed by atoms with E-state index in [1.54, 1.807) is 12.1 Å². The van der Waals surface area contributed by atoms with E-state index in [4.69, 9.17) is 9.47 Å². The lowest BCUT2D eigenvalue weighted by atomic mass is 10.0. The van der Waals surface area contributed by atoms with Gasteiger partial charge in [0.25, 0.3) is 0 Å². The van der Waals surface area contributed by atoms with Crippen LogP contribution in [0.15, 0.2) is 18.2 Å². The molecule has 0 bridgehead atoms. The summed E-state index contributed by atoms with van der Waals surface area (Å²) in [5.41, 5.74) is 0.229. The second-order valence-electron chi connectivity index (χ2n) is 5.06. The number of methoxy groups -OCH3 is 1. The van der Waals surface area contributed by atoms with Crippen molar-refractivity contribution in [1.82, 2.24) is 5.32 Å². The molecule has 5 heteroatoms. The molecule has 1 heterocycles. The van der Waals surface area contributed by atoms with Crippen molar-refractivity contribution < 1.29 is 19.7 Å². The van der Waals surface area contributed by atoms with Gasteiger partial charge in [0.2, 0.25) is 0 Å². The fraction of sp³-hybridized carbons (Fsp3) is 0.571. The van der Waals surface area contributed by atoms with Gasteiger partial charge in [0.15, 0.2) is 11.5 Å². The minimum absolute atomic E-state index is 0.0547. The monoisotopic (exact) mass is 267 g/mol. The number of phenolic OH excluding ortho intramolecular Hbond substituents is 1. The molecule has 1 aliphatic heterocycles. The summed E-state index contributed by atoms with van der Waals surface area (Å²) in [4.78, 5) is 0. The molecule has 2 atom stereocenters. The first-order valence-corrected chi connectivity index (χ1v) is 6.44. The highest BCUT2D eigenvalue weighted by atomic mass is 16.5. The second kappa shape index (κ2) is 5.77. The molecule has 0 amide bonds. The van der Waals surface area contributed by atoms with Crippen LogP contribution in [-0.4, -0.2) is 42.7 Å². The maximum absolute atomic E-state index is 10.2. The van der Waals surface area contributed by atoms with E-state index in [-0.39, 0.29) is 11.8 Å². The molecular formula is C14H21NO4. The zero-order valence-corrected chi connectivity index (χ0v) is 11.3. The van der Waals surface area contributed by atoms with Gasteiger partial charge in [-0.3, -0.25) is 0 Å². The van der Waals surface area contributed by atoms with Gasteiger partial charge in [-0.15, -0.1) is 0 Å². The van der Waals surface area contributed by atoms with Gasteiger partial charge in [-0.25, -0.2) is 0 Å². The molecule has 1 saturated heterocycles. The first-order chi connectivity index (χ1) is 9.04. The van der Waals surface area contributed by atoms with Crippen molar-refractivity contribution in [2.75, 3.05) is 26.9 Å². The second-order valence-corrected chi connectivity index (χ2v) is 5.06. The van der Waals surface area contributed by atoms with Crippen LogP contribution in [0.4, 0.5) is 0 Å². The molecule has 0 aliphatic carbocycles. The highest BCUT2D eigenvalue weighted by molar-refractivity contribution is 5.42. The lowest BCUT2D eigenvalue weighted by Gasteiger charge is -2.24. The average molecular weight is 267 g/mol. The van der Waals surface area contributed by atoms with Crippen molar-refractivity contribution in [3.8, 4) is 11.5 Å². The molecule has 0 spiro atoms. The minimum Gasteiger partial charge on any atom is -0.504 e. The molecule has 0 radical (unpaired) electrons. The predicted molar refractivity (Wildman–Crippen MR) is 71.5 cm³/mol. The number of hydrogen-bond acceptors (Lipinski definition) is 5. The van der Waals surface area contributed by atoms with Crippen molar-refractivity contribution in [3.63, 3.8) is 0 Å². The van der Waals surface area contributed by atoms with Gasteiger partial charge >= 0.3 is 0 Å². The molecule has 2 rings (SSSR count). The quantitative estimate of drug-likeness (QED) is 0.748. The Bertz CT molecular complexity index is 429. The Morgan fingerprint density at radius 3 is 2.95 bits per heavy atom. The van der Waals surface area contributed by atoms with Crippen LogP contribution in [0.1, 0.15) is 24.9 Å². The van der Waals surface area contributed by atoms with E-state index in [0.29, 0.717) is 31.9 Å². The summed E-state index contributed by atoms with van der Waals surface area (Å²) in [6.45, 7) is 3.48. The van der Waals surface area contributed by atoms with E-state index in [2.05, 4.69) is 5.32 Å². The van der Waals surface area contributed by atoms with Crippen LogP contribution < -0.4 is 10.1 Å². The van der Waals surface area contributed by atoms with Gasteiger partial charge in [0.1, 0.15) is 5.60 Å². The topological polar surface area (TPSA) is 71.0 Å². The first kappa shape index (κ1) is 14.1. The van der Waals surface area contributed by atoms with Crippen molar-refractivity contribution in [2.24, 2.45) is 0 Å². The molecule has 0 aromatic heterocycles. The normalized spacial score (nSPS) is 24.4. The molecule has 1 aliphatic rings. The number of rotatable bonds is 5. The number of phenols is 1. The van der Waals surface area contributed by atoms with E-state index in [0.717, 1.165) is 5.56 Å². The third-order valence-electron chi connectivity index (χ3n) is 3.52. The highest BCUT2D eigenvalue weighted by Crippen LogP contribution is 2.29. The fourth-order valence-corrected chi connectivity index (χ4v) is 2.16.